The number of carbonyl (C=O) groups excluding carboxylic acids is 1. The third-order valence-corrected chi connectivity index (χ3v) is 5.59. The molecule has 0 aliphatic heterocycles. The Labute approximate surface area is 136 Å². The summed E-state index contributed by atoms with van der Waals surface area (Å²) in [5, 5.41) is 7.52. The summed E-state index contributed by atoms with van der Waals surface area (Å²) in [5.74, 6) is -1.42. The molecule has 23 heavy (non-hydrogen) atoms. The van der Waals surface area contributed by atoms with E-state index in [1.165, 1.54) is 33.0 Å². The van der Waals surface area contributed by atoms with Gasteiger partial charge in [0.2, 0.25) is 15.9 Å². The molecule has 0 aliphatic rings. The first kappa shape index (κ1) is 19.0. The quantitative estimate of drug-likeness (QED) is 0.796. The molecule has 1 N–H and O–H groups in total. The fourth-order valence-electron chi connectivity index (χ4n) is 2.03. The van der Waals surface area contributed by atoms with E-state index in [9.17, 15) is 18.0 Å². The number of hydrogen-bond donors (Lipinski definition) is 1. The molecule has 7 nitrogen and oxygen atoms in total. The summed E-state index contributed by atoms with van der Waals surface area (Å²) in [6.07, 6.45) is 0.276. The maximum absolute atomic E-state index is 12.5. The number of benzene rings is 1. The van der Waals surface area contributed by atoms with E-state index in [0.717, 1.165) is 9.87 Å². The van der Waals surface area contributed by atoms with E-state index in [4.69, 9.17) is 5.11 Å². The van der Waals surface area contributed by atoms with Gasteiger partial charge in [0, 0.05) is 27.6 Å². The van der Waals surface area contributed by atoms with Crippen molar-refractivity contribution in [2.24, 2.45) is 0 Å². The van der Waals surface area contributed by atoms with Crippen LogP contribution in [0.2, 0.25) is 0 Å². The predicted octanol–water partition coefficient (Wildman–Crippen LogP) is 0.946. The second-order valence-corrected chi connectivity index (χ2v) is 7.74. The summed E-state index contributed by atoms with van der Waals surface area (Å²) in [5.41, 5.74) is 1.12. The summed E-state index contributed by atoms with van der Waals surface area (Å²) in [4.78, 5) is 23.8. The molecule has 1 unspecified atom stereocenters. The first-order valence-electron chi connectivity index (χ1n) is 7.07. The average Bonchev–Trinajstić information content (AvgIpc) is 2.50. The Hall–Kier alpha value is -2.09. The molecule has 0 saturated carbocycles. The molecule has 1 rings (SSSR count). The fourth-order valence-corrected chi connectivity index (χ4v) is 3.38. The Bertz CT molecular complexity index is 685. The monoisotopic (exact) mass is 342 g/mol. The molecule has 0 fully saturated rings. The van der Waals surface area contributed by atoms with Crippen LogP contribution in [0.1, 0.15) is 18.9 Å². The number of hydrogen-bond acceptors (Lipinski definition) is 4. The van der Waals surface area contributed by atoms with Gasteiger partial charge in [-0.15, -0.1) is 0 Å². The van der Waals surface area contributed by atoms with Crippen LogP contribution in [-0.4, -0.2) is 56.7 Å². The van der Waals surface area contributed by atoms with Crippen LogP contribution in [0.15, 0.2) is 24.3 Å². The largest absolute Gasteiger partial charge is 0.481 e. The van der Waals surface area contributed by atoms with Gasteiger partial charge in [-0.2, -0.15) is 0 Å². The van der Waals surface area contributed by atoms with Gasteiger partial charge in [-0.05, 0) is 31.0 Å². The molecule has 0 saturated heterocycles. The molecule has 1 amide bonds. The minimum atomic E-state index is -3.86. The van der Waals surface area contributed by atoms with Crippen LogP contribution in [0.5, 0.6) is 0 Å². The number of anilines is 1. The van der Waals surface area contributed by atoms with Gasteiger partial charge >= 0.3 is 5.97 Å². The number of carbonyl (C=O) groups is 2. The summed E-state index contributed by atoms with van der Waals surface area (Å²) in [6.45, 7) is 1.35. The summed E-state index contributed by atoms with van der Waals surface area (Å²) in [7, 11) is 0.523. The zero-order valence-electron chi connectivity index (χ0n) is 13.7. The Morgan fingerprint density at radius 3 is 2.35 bits per heavy atom. The molecule has 1 aromatic carbocycles. The molecular weight excluding hydrogens is 320 g/mol. The predicted molar refractivity (Wildman–Crippen MR) is 87.9 cm³/mol. The Balaban J connectivity index is 3.04. The van der Waals surface area contributed by atoms with Crippen LogP contribution in [0, 0.1) is 0 Å². The topological polar surface area (TPSA) is 95.0 Å². The van der Waals surface area contributed by atoms with E-state index in [1.54, 1.807) is 24.3 Å². The van der Waals surface area contributed by atoms with Crippen LogP contribution in [0.25, 0.3) is 0 Å². The van der Waals surface area contributed by atoms with Crippen LogP contribution >= 0.6 is 0 Å². The number of aliphatic carboxylic acids is 1. The molecule has 1 aromatic rings. The van der Waals surface area contributed by atoms with Gasteiger partial charge in [-0.1, -0.05) is 12.1 Å². The van der Waals surface area contributed by atoms with Gasteiger partial charge in [0.15, 0.2) is 5.25 Å². The van der Waals surface area contributed by atoms with Crippen LogP contribution in [0.3, 0.4) is 0 Å². The molecular formula is C15H22N2O5S. The molecule has 0 radical (unpaired) electrons. The average molecular weight is 342 g/mol. The van der Waals surface area contributed by atoms with Crippen molar-refractivity contribution in [2.75, 3.05) is 25.4 Å². The normalized spacial score (nSPS) is 12.5. The van der Waals surface area contributed by atoms with Crippen molar-refractivity contribution in [3.63, 3.8) is 0 Å². The number of carboxylic acid groups (broad SMARTS) is 1. The molecule has 8 heteroatoms. The third kappa shape index (κ3) is 4.69. The van der Waals surface area contributed by atoms with Gasteiger partial charge in [0.25, 0.3) is 0 Å². The Kier molecular flexibility index (Phi) is 6.14. The van der Waals surface area contributed by atoms with E-state index < -0.39 is 27.1 Å². The highest BCUT2D eigenvalue weighted by atomic mass is 32.2. The van der Waals surface area contributed by atoms with E-state index in [2.05, 4.69) is 0 Å². The van der Waals surface area contributed by atoms with Crippen LogP contribution in [-0.2, 0) is 26.0 Å². The Morgan fingerprint density at radius 2 is 1.83 bits per heavy atom. The number of amides is 1. The van der Waals surface area contributed by atoms with Crippen molar-refractivity contribution in [1.29, 1.82) is 0 Å². The molecule has 1 atom stereocenters. The molecule has 128 valence electrons. The summed E-state index contributed by atoms with van der Waals surface area (Å²) in [6, 6.07) is 6.63. The van der Waals surface area contributed by atoms with Crippen molar-refractivity contribution in [3.8, 4) is 0 Å². The standard InChI is InChI=1S/C15H22N2O5S/c1-11(15(20)16(2)3)23(21,22)17(4)13-7-5-6-12(10-13)8-9-14(18)19/h5-7,10-11H,8-9H2,1-4H3,(H,18,19). The van der Waals surface area contributed by atoms with E-state index in [1.807, 2.05) is 0 Å². The van der Waals surface area contributed by atoms with Crippen molar-refractivity contribution in [2.45, 2.75) is 25.0 Å². The number of rotatable bonds is 7. The highest BCUT2D eigenvalue weighted by Crippen LogP contribution is 2.21. The number of nitrogens with zero attached hydrogens (tertiary/aromatic N) is 2. The fraction of sp³-hybridized carbons (Fsp3) is 0.467. The number of aryl methyl sites for hydroxylation is 1. The lowest BCUT2D eigenvalue weighted by molar-refractivity contribution is -0.137. The highest BCUT2D eigenvalue weighted by molar-refractivity contribution is 7.94. The smallest absolute Gasteiger partial charge is 0.303 e. The zero-order chi connectivity index (χ0) is 17.8. The van der Waals surface area contributed by atoms with E-state index >= 15 is 0 Å². The lowest BCUT2D eigenvalue weighted by Crippen LogP contribution is -2.43. The highest BCUT2D eigenvalue weighted by Gasteiger charge is 2.33. The maximum atomic E-state index is 12.5. The molecule has 0 spiro atoms. The molecule has 0 aromatic heterocycles. The van der Waals surface area contributed by atoms with Gasteiger partial charge in [0.05, 0.1) is 5.69 Å². The molecule has 0 heterocycles. The third-order valence-electron chi connectivity index (χ3n) is 3.52. The SMILES string of the molecule is CC(C(=O)N(C)C)S(=O)(=O)N(C)c1cccc(CCC(=O)O)c1. The number of carboxylic acids is 1. The van der Waals surface area contributed by atoms with Gasteiger partial charge < -0.3 is 10.0 Å². The van der Waals surface area contributed by atoms with Crippen molar-refractivity contribution in [3.05, 3.63) is 29.8 Å². The lowest BCUT2D eigenvalue weighted by Gasteiger charge is -2.25. The van der Waals surface area contributed by atoms with Crippen LogP contribution < -0.4 is 4.31 Å². The van der Waals surface area contributed by atoms with Gasteiger partial charge in [-0.3, -0.25) is 13.9 Å². The van der Waals surface area contributed by atoms with Crippen molar-refractivity contribution in [1.82, 2.24) is 4.90 Å². The first-order valence-corrected chi connectivity index (χ1v) is 8.57. The summed E-state index contributed by atoms with van der Waals surface area (Å²) < 4.78 is 26.1. The second-order valence-electron chi connectivity index (χ2n) is 5.45. The first-order chi connectivity index (χ1) is 10.6. The zero-order valence-corrected chi connectivity index (χ0v) is 14.5. The van der Waals surface area contributed by atoms with E-state index in [-0.39, 0.29) is 6.42 Å². The van der Waals surface area contributed by atoms with Gasteiger partial charge in [-0.25, -0.2) is 8.42 Å². The van der Waals surface area contributed by atoms with Crippen molar-refractivity contribution >= 4 is 27.6 Å². The van der Waals surface area contributed by atoms with Gasteiger partial charge in [0.1, 0.15) is 0 Å². The van der Waals surface area contributed by atoms with Crippen molar-refractivity contribution < 1.29 is 23.1 Å². The molecule has 0 aliphatic carbocycles. The molecule has 0 bridgehead atoms. The minimum Gasteiger partial charge on any atom is -0.481 e. The second kappa shape index (κ2) is 7.45. The maximum Gasteiger partial charge on any atom is 0.303 e. The van der Waals surface area contributed by atoms with E-state index in [0.29, 0.717) is 12.1 Å². The summed E-state index contributed by atoms with van der Waals surface area (Å²) >= 11 is 0. The minimum absolute atomic E-state index is 0.0323. The lowest BCUT2D eigenvalue weighted by atomic mass is 10.1. The number of sulfonamides is 1. The van der Waals surface area contributed by atoms with Crippen LogP contribution in [0.4, 0.5) is 5.69 Å². The Morgan fingerprint density at radius 1 is 1.22 bits per heavy atom.